The van der Waals surface area contributed by atoms with Crippen LogP contribution in [0.1, 0.15) is 22.6 Å². The highest BCUT2D eigenvalue weighted by Crippen LogP contribution is 2.33. The van der Waals surface area contributed by atoms with Gasteiger partial charge >= 0.3 is 5.97 Å². The van der Waals surface area contributed by atoms with E-state index in [4.69, 9.17) is 28.5 Å². The maximum absolute atomic E-state index is 12.7. The van der Waals surface area contributed by atoms with Crippen LogP contribution in [0.2, 0.25) is 0 Å². The molecular formula is C21H25NO7. The van der Waals surface area contributed by atoms with Gasteiger partial charge in [-0.25, -0.2) is 0 Å². The van der Waals surface area contributed by atoms with E-state index in [1.807, 2.05) is 24.3 Å². The van der Waals surface area contributed by atoms with Gasteiger partial charge in [0.05, 0.1) is 13.3 Å². The van der Waals surface area contributed by atoms with Crippen LogP contribution in [0, 0.1) is 0 Å². The van der Waals surface area contributed by atoms with Crippen molar-refractivity contribution >= 4 is 12.2 Å². The van der Waals surface area contributed by atoms with Crippen LogP contribution in [-0.2, 0) is 23.8 Å². The maximum Gasteiger partial charge on any atom is 0.317 e. The lowest BCUT2D eigenvalue weighted by Gasteiger charge is -2.18. The standard InChI is InChI=1S/C21H25NO7/c1-24-13-28-18-9-17(10-19(11-18)29-14-25-2)20(21(23)26-3)16-7-5-6-15(8-16)12-22-27-4/h5-12,20H,13-14H2,1-4H3. The zero-order valence-electron chi connectivity index (χ0n) is 16.9. The molecule has 0 N–H and O–H groups in total. The van der Waals surface area contributed by atoms with Gasteiger partial charge in [-0.3, -0.25) is 4.79 Å². The van der Waals surface area contributed by atoms with Gasteiger partial charge < -0.3 is 28.5 Å². The Morgan fingerprint density at radius 2 is 1.59 bits per heavy atom. The van der Waals surface area contributed by atoms with Crippen molar-refractivity contribution in [2.75, 3.05) is 42.0 Å². The van der Waals surface area contributed by atoms with E-state index in [0.717, 1.165) is 11.1 Å². The summed E-state index contributed by atoms with van der Waals surface area (Å²) in [5, 5.41) is 3.77. The molecule has 0 heterocycles. The summed E-state index contributed by atoms with van der Waals surface area (Å²) in [6.45, 7) is 0.109. The minimum Gasteiger partial charge on any atom is -0.468 e. The summed E-state index contributed by atoms with van der Waals surface area (Å²) in [7, 11) is 5.86. The molecule has 0 aliphatic carbocycles. The fourth-order valence-corrected chi connectivity index (χ4v) is 2.70. The number of oxime groups is 1. The zero-order valence-corrected chi connectivity index (χ0v) is 16.9. The molecule has 1 atom stereocenters. The third kappa shape index (κ3) is 6.48. The molecule has 2 aromatic carbocycles. The first-order valence-electron chi connectivity index (χ1n) is 8.75. The Labute approximate surface area is 169 Å². The SMILES string of the molecule is COCOc1cc(OCOC)cc(C(C(=O)OC)c2cccc(C=NOC)c2)c1. The van der Waals surface area contributed by atoms with Crippen molar-refractivity contribution in [1.82, 2.24) is 0 Å². The largest absolute Gasteiger partial charge is 0.468 e. The van der Waals surface area contributed by atoms with Gasteiger partial charge in [-0.2, -0.15) is 0 Å². The Morgan fingerprint density at radius 3 is 2.14 bits per heavy atom. The second-order valence-electron chi connectivity index (χ2n) is 5.88. The summed E-state index contributed by atoms with van der Waals surface area (Å²) < 4.78 is 26.1. The molecule has 8 nitrogen and oxygen atoms in total. The number of ether oxygens (including phenoxy) is 5. The Balaban J connectivity index is 2.50. The predicted molar refractivity (Wildman–Crippen MR) is 106 cm³/mol. The van der Waals surface area contributed by atoms with Crippen LogP contribution in [0.15, 0.2) is 47.6 Å². The molecule has 0 radical (unpaired) electrons. The highest BCUT2D eigenvalue weighted by molar-refractivity contribution is 5.84. The zero-order chi connectivity index (χ0) is 21.1. The molecule has 8 heteroatoms. The molecule has 0 saturated carbocycles. The molecule has 2 rings (SSSR count). The van der Waals surface area contributed by atoms with Crippen molar-refractivity contribution in [2.24, 2.45) is 5.16 Å². The van der Waals surface area contributed by atoms with Crippen molar-refractivity contribution in [3.05, 3.63) is 59.2 Å². The Hall–Kier alpha value is -3.10. The van der Waals surface area contributed by atoms with Crippen molar-refractivity contribution in [1.29, 1.82) is 0 Å². The second kappa shape index (κ2) is 11.7. The first-order chi connectivity index (χ1) is 14.1. The van der Waals surface area contributed by atoms with Crippen LogP contribution in [0.4, 0.5) is 0 Å². The van der Waals surface area contributed by atoms with E-state index in [2.05, 4.69) is 5.16 Å². The third-order valence-corrected chi connectivity index (χ3v) is 3.91. The molecule has 1 unspecified atom stereocenters. The molecule has 2 aromatic rings. The normalized spacial score (nSPS) is 11.9. The first kappa shape index (κ1) is 22.2. The third-order valence-electron chi connectivity index (χ3n) is 3.91. The van der Waals surface area contributed by atoms with E-state index in [-0.39, 0.29) is 13.6 Å². The number of carbonyl (C=O) groups excluding carboxylic acids is 1. The maximum atomic E-state index is 12.7. The van der Waals surface area contributed by atoms with Gasteiger partial charge in [0.1, 0.15) is 24.5 Å². The minimum atomic E-state index is -0.702. The van der Waals surface area contributed by atoms with E-state index in [1.54, 1.807) is 24.4 Å². The van der Waals surface area contributed by atoms with Crippen molar-refractivity contribution in [2.45, 2.75) is 5.92 Å². The number of carbonyl (C=O) groups is 1. The van der Waals surface area contributed by atoms with E-state index < -0.39 is 11.9 Å². The van der Waals surface area contributed by atoms with Gasteiger partial charge in [-0.1, -0.05) is 23.4 Å². The number of methoxy groups -OCH3 is 3. The summed E-state index contributed by atoms with van der Waals surface area (Å²) in [4.78, 5) is 17.4. The lowest BCUT2D eigenvalue weighted by molar-refractivity contribution is -0.141. The summed E-state index contributed by atoms with van der Waals surface area (Å²) >= 11 is 0. The average molecular weight is 403 g/mol. The minimum absolute atomic E-state index is 0.0546. The molecular weight excluding hydrogens is 378 g/mol. The summed E-state index contributed by atoms with van der Waals surface area (Å²) in [5.41, 5.74) is 2.14. The topological polar surface area (TPSA) is 84.8 Å². The lowest BCUT2D eigenvalue weighted by atomic mass is 9.90. The smallest absolute Gasteiger partial charge is 0.317 e. The quantitative estimate of drug-likeness (QED) is 0.247. The Morgan fingerprint density at radius 1 is 0.931 bits per heavy atom. The fraction of sp³-hybridized carbons (Fsp3) is 0.333. The molecule has 0 fully saturated rings. The monoisotopic (exact) mass is 403 g/mol. The Bertz CT molecular complexity index is 796. The highest BCUT2D eigenvalue weighted by atomic mass is 16.7. The van der Waals surface area contributed by atoms with Gasteiger partial charge in [0.25, 0.3) is 0 Å². The predicted octanol–water partition coefficient (Wildman–Crippen LogP) is 2.94. The van der Waals surface area contributed by atoms with Gasteiger partial charge in [0.2, 0.25) is 0 Å². The number of hydrogen-bond acceptors (Lipinski definition) is 8. The van der Waals surface area contributed by atoms with Crippen molar-refractivity contribution in [3.63, 3.8) is 0 Å². The van der Waals surface area contributed by atoms with Crippen LogP contribution < -0.4 is 9.47 Å². The van der Waals surface area contributed by atoms with Crippen LogP contribution in [0.3, 0.4) is 0 Å². The summed E-state index contributed by atoms with van der Waals surface area (Å²) in [5.74, 6) is -0.151. The molecule has 29 heavy (non-hydrogen) atoms. The van der Waals surface area contributed by atoms with E-state index in [0.29, 0.717) is 17.1 Å². The summed E-state index contributed by atoms with van der Waals surface area (Å²) in [6, 6.07) is 12.5. The second-order valence-corrected chi connectivity index (χ2v) is 5.88. The van der Waals surface area contributed by atoms with Crippen molar-refractivity contribution < 1.29 is 33.3 Å². The van der Waals surface area contributed by atoms with E-state index in [1.165, 1.54) is 28.4 Å². The van der Waals surface area contributed by atoms with Crippen molar-refractivity contribution in [3.8, 4) is 11.5 Å². The number of rotatable bonds is 11. The Kier molecular flexibility index (Phi) is 8.94. The number of nitrogens with zero attached hydrogens (tertiary/aromatic N) is 1. The summed E-state index contributed by atoms with van der Waals surface area (Å²) in [6.07, 6.45) is 1.56. The van der Waals surface area contributed by atoms with Crippen LogP contribution in [0.25, 0.3) is 0 Å². The molecule has 0 aliphatic rings. The first-order valence-corrected chi connectivity index (χ1v) is 8.75. The van der Waals surface area contributed by atoms with Gasteiger partial charge in [-0.05, 0) is 34.9 Å². The van der Waals surface area contributed by atoms with Crippen LogP contribution >= 0.6 is 0 Å². The van der Waals surface area contributed by atoms with Gasteiger partial charge in [0, 0.05) is 20.3 Å². The van der Waals surface area contributed by atoms with Gasteiger partial charge in [-0.15, -0.1) is 0 Å². The molecule has 0 aliphatic heterocycles. The van der Waals surface area contributed by atoms with Crippen LogP contribution in [0.5, 0.6) is 11.5 Å². The van der Waals surface area contributed by atoms with E-state index >= 15 is 0 Å². The molecule has 156 valence electrons. The van der Waals surface area contributed by atoms with Gasteiger partial charge in [0.15, 0.2) is 13.6 Å². The van der Waals surface area contributed by atoms with E-state index in [9.17, 15) is 4.79 Å². The average Bonchev–Trinajstić information content (AvgIpc) is 2.75. The van der Waals surface area contributed by atoms with Crippen LogP contribution in [-0.4, -0.2) is 54.2 Å². The molecule has 0 aromatic heterocycles. The highest BCUT2D eigenvalue weighted by Gasteiger charge is 2.25. The molecule has 0 spiro atoms. The molecule has 0 saturated heterocycles. The number of benzene rings is 2. The lowest BCUT2D eigenvalue weighted by Crippen LogP contribution is -2.16. The molecule has 0 bridgehead atoms. The fourth-order valence-electron chi connectivity index (χ4n) is 2.70. The molecule has 0 amide bonds. The number of esters is 1. The number of hydrogen-bond donors (Lipinski definition) is 0.